The molecule has 13 N–H and O–H groups in total. The predicted molar refractivity (Wildman–Crippen MR) is 381 cm³/mol. The summed E-state index contributed by atoms with van der Waals surface area (Å²) in [5, 5.41) is 56.9. The topological polar surface area (TPSA) is 432 Å². The third kappa shape index (κ3) is 22.8. The third-order valence-corrected chi connectivity index (χ3v) is 17.5. The van der Waals surface area contributed by atoms with E-state index in [-0.39, 0.29) is 152 Å². The minimum absolute atomic E-state index is 0.0109. The van der Waals surface area contributed by atoms with Gasteiger partial charge in [0, 0.05) is 98.8 Å². The number of aromatic nitrogens is 2. The van der Waals surface area contributed by atoms with Gasteiger partial charge in [-0.3, -0.25) is 43.8 Å². The number of ether oxygens (including phenoxy) is 6. The number of unbranched alkanes of at least 4 members (excludes halogenated alkanes) is 1. The number of likely N-dealkylation sites (N-methyl/N-ethyl adjacent to an activating group) is 1. The number of amides is 9. The van der Waals surface area contributed by atoms with Crippen LogP contribution in [0.15, 0.2) is 109 Å². The highest BCUT2D eigenvalue weighted by molar-refractivity contribution is 6.19. The summed E-state index contributed by atoms with van der Waals surface area (Å²) in [5.74, 6) is -4.32. The zero-order valence-electron chi connectivity index (χ0n) is 58.2. The van der Waals surface area contributed by atoms with Crippen LogP contribution in [0, 0.1) is 12.8 Å². The van der Waals surface area contributed by atoms with Crippen molar-refractivity contribution in [1.29, 1.82) is 0 Å². The molecule has 4 heterocycles. The second kappa shape index (κ2) is 39.1. The number of halogens is 1. The Kier molecular flexibility index (Phi) is 30.0. The fourth-order valence-corrected chi connectivity index (χ4v) is 11.7. The van der Waals surface area contributed by atoms with Gasteiger partial charge in [0.25, 0.3) is 30.0 Å². The van der Waals surface area contributed by atoms with E-state index < -0.39 is 78.6 Å². The molecule has 33 heteroatoms. The van der Waals surface area contributed by atoms with E-state index in [2.05, 4.69) is 31.6 Å². The summed E-state index contributed by atoms with van der Waals surface area (Å²) in [7, 11) is 1.51. The molecular weight excluding hydrogens is 1370 g/mol. The highest BCUT2D eigenvalue weighted by Crippen LogP contribution is 2.47. The van der Waals surface area contributed by atoms with Gasteiger partial charge >= 0.3 is 18.1 Å². The van der Waals surface area contributed by atoms with E-state index in [1.165, 1.54) is 48.4 Å². The van der Waals surface area contributed by atoms with E-state index in [1.807, 2.05) is 25.1 Å². The number of imidazole rings is 1. The number of aliphatic hydroxyl groups is 2. The van der Waals surface area contributed by atoms with Crippen molar-refractivity contribution in [3.05, 3.63) is 137 Å². The van der Waals surface area contributed by atoms with Gasteiger partial charge in [-0.2, -0.15) is 0 Å². The molecule has 0 radical (unpaired) electrons. The Morgan fingerprint density at radius 2 is 1.47 bits per heavy atom. The molecule has 6 atom stereocenters. The Morgan fingerprint density at radius 3 is 2.14 bits per heavy atom. The summed E-state index contributed by atoms with van der Waals surface area (Å²) in [5.41, 5.74) is 15.4. The van der Waals surface area contributed by atoms with Crippen molar-refractivity contribution in [1.82, 2.24) is 40.0 Å². The number of carboxylic acid groups (broad SMARTS) is 1. The quantitative estimate of drug-likeness (QED) is 0.0110. The zero-order valence-corrected chi connectivity index (χ0v) is 59.0. The first-order valence-corrected chi connectivity index (χ1v) is 34.5. The molecule has 0 spiro atoms. The number of aromatic hydroxyl groups is 1. The monoisotopic (exact) mass is 1460 g/mol. The average molecular weight is 1470 g/mol. The molecule has 104 heavy (non-hydrogen) atoms. The number of aliphatic carboxylic acids is 1. The van der Waals surface area contributed by atoms with Crippen LogP contribution in [0.5, 0.6) is 11.5 Å². The summed E-state index contributed by atoms with van der Waals surface area (Å²) in [6.07, 6.45) is 2.82. The normalized spacial score (nSPS) is 14.9. The van der Waals surface area contributed by atoms with Crippen LogP contribution in [0.4, 0.5) is 26.7 Å². The van der Waals surface area contributed by atoms with Crippen LogP contribution in [-0.2, 0) is 54.3 Å². The average Bonchev–Trinajstić information content (AvgIpc) is 1.55. The lowest BCUT2D eigenvalue weighted by atomic mass is 9.92. The lowest BCUT2D eigenvalue weighted by molar-refractivity contribution is -0.149. The molecule has 6 aromatic rings. The van der Waals surface area contributed by atoms with Gasteiger partial charge in [-0.1, -0.05) is 50.6 Å². The van der Waals surface area contributed by atoms with Gasteiger partial charge in [-0.15, -0.1) is 11.6 Å². The Morgan fingerprint density at radius 1 is 0.788 bits per heavy atom. The number of phenols is 1. The fourth-order valence-electron chi connectivity index (χ4n) is 11.5. The molecule has 0 bridgehead atoms. The number of carboxylic acids is 1. The van der Waals surface area contributed by atoms with Crippen molar-refractivity contribution in [2.45, 2.75) is 96.4 Å². The maximum Gasteiger partial charge on any atom is 0.409 e. The third-order valence-electron chi connectivity index (χ3n) is 17.1. The minimum atomic E-state index is -1.65. The van der Waals surface area contributed by atoms with E-state index in [0.29, 0.717) is 52.1 Å². The Hall–Kier alpha value is -9.87. The second-order valence-electron chi connectivity index (χ2n) is 25.1. The number of rotatable bonds is 42. The largest absolute Gasteiger partial charge is 0.508 e. The molecule has 2 aromatic heterocycles. The Labute approximate surface area is 604 Å². The molecule has 8 rings (SSSR count). The van der Waals surface area contributed by atoms with Gasteiger partial charge in [-0.05, 0) is 109 Å². The summed E-state index contributed by atoms with van der Waals surface area (Å²) in [6.45, 7) is 6.96. The van der Waals surface area contributed by atoms with Crippen LogP contribution in [0.1, 0.15) is 89.4 Å². The van der Waals surface area contributed by atoms with E-state index in [9.17, 15) is 63.6 Å². The minimum Gasteiger partial charge on any atom is -0.508 e. The van der Waals surface area contributed by atoms with Crippen LogP contribution >= 0.6 is 11.6 Å². The van der Waals surface area contributed by atoms with Crippen LogP contribution < -0.4 is 47.7 Å². The number of alkyl halides is 1. The number of nitrogens with one attached hydrogen (secondary N) is 5. The van der Waals surface area contributed by atoms with Gasteiger partial charge in [0.2, 0.25) is 18.2 Å². The van der Waals surface area contributed by atoms with Crippen molar-refractivity contribution in [2.24, 2.45) is 17.4 Å². The molecule has 2 aliphatic heterocycles. The Balaban J connectivity index is 0.843. The molecule has 3 unspecified atom stereocenters. The van der Waals surface area contributed by atoms with Gasteiger partial charge in [0.1, 0.15) is 41.5 Å². The maximum atomic E-state index is 14.7. The molecule has 560 valence electrons. The first-order valence-electron chi connectivity index (χ1n) is 33.9. The number of anilines is 3. The first-order chi connectivity index (χ1) is 49.9. The summed E-state index contributed by atoms with van der Waals surface area (Å²) >= 11 is 6.68. The zero-order chi connectivity index (χ0) is 75.0. The maximum absolute atomic E-state index is 14.7. The first kappa shape index (κ1) is 79.8. The highest BCUT2D eigenvalue weighted by atomic mass is 35.5. The van der Waals surface area contributed by atoms with Gasteiger partial charge < -0.3 is 95.8 Å². The molecule has 32 nitrogen and oxygen atoms in total. The lowest BCUT2D eigenvalue weighted by Crippen LogP contribution is -2.56. The highest BCUT2D eigenvalue weighted by Gasteiger charge is 2.38. The number of nitrogens with two attached hydrogens (primary N) is 2. The van der Waals surface area contributed by atoms with E-state index in [4.69, 9.17) is 51.5 Å². The van der Waals surface area contributed by atoms with Gasteiger partial charge in [0.05, 0.1) is 70.2 Å². The lowest BCUT2D eigenvalue weighted by Gasteiger charge is -2.30. The summed E-state index contributed by atoms with van der Waals surface area (Å²) in [6, 6.07) is 18.7. The number of primary amides is 1. The smallest absolute Gasteiger partial charge is 0.409 e. The standard InChI is InChI=1S/C71H90ClN13O19/c1-43(2)62(80-69(96)102-36-35-101-34-33-100-32-31-99-30-29-84-58(87)23-24-59(84)88)65(91)79-53(12-8-25-75-68(74)95)64(90)76-48-17-13-45(14-18-48)42-103-70(97)81(4)27-28-82(26-6-5-11-52(73)67(93)94)71(98)104-56-37-55-61(60-44(3)9-7-10-51(56)60)47(38-72)39-85(55)66(92)54-41-83-40-49(19-22-57(83)78-54)77-63(89)46-15-20-50(86)21-16-46/h7,9-10,13-24,37,40-41,43,47,52-53,62,69,71,80,86,96,98H,5-6,8,11-12,25-36,38-39,42,73H2,1-4H3,(H,76,90)(H,77,89)(H,79,91)(H,93,94)(H3,74,75,95)/t47-,52?,53+,62+,69?,71?/m1/s1. The number of urea groups is 1. The number of aryl methyl sites for hydroxylation is 1. The van der Waals surface area contributed by atoms with E-state index >= 15 is 0 Å². The van der Waals surface area contributed by atoms with Crippen molar-refractivity contribution in [3.8, 4) is 11.5 Å². The number of hydrogen-bond acceptors (Lipinski definition) is 22. The molecular formula is C71H90ClN13O19. The number of fused-ring (bicyclic) bond motifs is 4. The van der Waals surface area contributed by atoms with Crippen LogP contribution in [0.3, 0.4) is 0 Å². The number of phenolic OH excluding ortho intramolecular Hbond substituents is 1. The number of pyridine rings is 1. The molecule has 0 saturated carbocycles. The fraction of sp³-hybridized carbons (Fsp3) is 0.437. The molecule has 2 aliphatic rings. The number of carbonyl (C=O) groups is 9. The Bertz CT molecular complexity index is 3980. The van der Waals surface area contributed by atoms with Crippen molar-refractivity contribution < 1.29 is 92.0 Å². The van der Waals surface area contributed by atoms with Crippen molar-refractivity contribution in [2.75, 3.05) is 114 Å². The van der Waals surface area contributed by atoms with Crippen molar-refractivity contribution >= 4 is 98.6 Å². The van der Waals surface area contributed by atoms with Gasteiger partial charge in [0.15, 0.2) is 0 Å². The van der Waals surface area contributed by atoms with E-state index in [1.54, 1.807) is 82.9 Å². The van der Waals surface area contributed by atoms with Gasteiger partial charge in [-0.25, -0.2) is 19.5 Å². The van der Waals surface area contributed by atoms with Crippen LogP contribution in [0.25, 0.3) is 16.4 Å². The number of hydrogen-bond donors (Lipinski definition) is 11. The molecule has 0 aliphatic carbocycles. The van der Waals surface area contributed by atoms with Crippen LogP contribution in [-0.4, -0.2) is 227 Å². The SMILES string of the molecule is Cc1cccc2c(OC(O)N(CCCCC(N)C(=O)O)CCN(C)C(=O)OCc3ccc(NC(=O)[C@H](CCCNC(N)=O)NC(=O)[C@@H](NC(O)OCCOCCOCCOCCN4C(=O)C=CC4=O)C(C)C)cc3)cc3c(c12)[C@H](CCl)CN3C(=O)c1cn2cc(NC(=O)c3ccc(O)cc3)ccc2n1. The number of aliphatic hydroxyl groups excluding tert-OH is 2. The molecule has 0 fully saturated rings. The number of benzene rings is 4. The molecule has 0 saturated heterocycles. The second-order valence-corrected chi connectivity index (χ2v) is 25.4. The number of nitrogens with zero attached hydrogens (tertiary/aromatic N) is 6. The predicted octanol–water partition coefficient (Wildman–Crippen LogP) is 4.30. The van der Waals surface area contributed by atoms with Crippen molar-refractivity contribution in [3.63, 3.8) is 0 Å². The molecule has 9 amide bonds. The molecule has 4 aromatic carbocycles. The summed E-state index contributed by atoms with van der Waals surface area (Å²) in [4.78, 5) is 125. The number of imide groups is 1. The van der Waals surface area contributed by atoms with Crippen LogP contribution in [0.2, 0.25) is 0 Å². The summed E-state index contributed by atoms with van der Waals surface area (Å²) < 4.78 is 35.6. The number of carbonyl (C=O) groups excluding carboxylic acids is 8. The van der Waals surface area contributed by atoms with E-state index in [0.717, 1.165) is 21.4 Å².